The number of carbonyl (C=O) groups is 2. The summed E-state index contributed by atoms with van der Waals surface area (Å²) in [7, 11) is 0. The second-order valence-corrected chi connectivity index (χ2v) is 9.13. The number of hydrogen-bond acceptors (Lipinski definition) is 5. The molecule has 7 nitrogen and oxygen atoms in total. The molecule has 0 spiro atoms. The van der Waals surface area contributed by atoms with Crippen molar-refractivity contribution >= 4 is 66.5 Å². The zero-order valence-corrected chi connectivity index (χ0v) is 21.1. The minimum atomic E-state index is -0.494. The monoisotopic (exact) mass is 583 g/mol. The van der Waals surface area contributed by atoms with E-state index in [-0.39, 0.29) is 18.3 Å². The highest BCUT2D eigenvalue weighted by atomic mass is 79.9. The number of halogens is 2. The molecule has 0 aliphatic heterocycles. The third kappa shape index (κ3) is 5.92. The minimum Gasteiger partial charge on any atom is -0.483 e. The highest BCUT2D eigenvalue weighted by molar-refractivity contribution is 9.11. The molecule has 4 aromatic rings. The predicted molar refractivity (Wildman–Crippen MR) is 138 cm³/mol. The Morgan fingerprint density at radius 2 is 1.82 bits per heavy atom. The molecule has 34 heavy (non-hydrogen) atoms. The van der Waals surface area contributed by atoms with E-state index >= 15 is 0 Å². The molecule has 0 bridgehead atoms. The van der Waals surface area contributed by atoms with Gasteiger partial charge in [-0.1, -0.05) is 45.8 Å². The topological polar surface area (TPSA) is 92.9 Å². The van der Waals surface area contributed by atoms with E-state index in [1.165, 1.54) is 6.21 Å². The molecule has 0 aliphatic rings. The molecule has 1 aromatic heterocycles. The molecule has 172 valence electrons. The molecule has 2 amide bonds. The Hall–Kier alpha value is -3.43. The predicted octanol–water partition coefficient (Wildman–Crippen LogP) is 6.05. The van der Waals surface area contributed by atoms with E-state index in [1.54, 1.807) is 30.3 Å². The van der Waals surface area contributed by atoms with E-state index in [2.05, 4.69) is 47.7 Å². The van der Waals surface area contributed by atoms with Crippen LogP contribution in [0, 0.1) is 6.92 Å². The summed E-state index contributed by atoms with van der Waals surface area (Å²) in [4.78, 5) is 24.7. The van der Waals surface area contributed by atoms with E-state index in [0.717, 1.165) is 19.9 Å². The molecule has 0 saturated carbocycles. The van der Waals surface area contributed by atoms with Crippen LogP contribution in [0.5, 0.6) is 5.75 Å². The number of rotatable bonds is 7. The average molecular weight is 585 g/mol. The number of carbonyl (C=O) groups excluding carboxylic acids is 2. The third-order valence-electron chi connectivity index (χ3n) is 4.74. The molecule has 2 N–H and O–H groups in total. The van der Waals surface area contributed by atoms with Crippen molar-refractivity contribution in [2.75, 3.05) is 11.9 Å². The van der Waals surface area contributed by atoms with Crippen LogP contribution in [-0.4, -0.2) is 24.6 Å². The number of ether oxygens (including phenoxy) is 1. The van der Waals surface area contributed by atoms with Crippen LogP contribution in [0.4, 0.5) is 5.69 Å². The number of aryl methyl sites for hydroxylation is 1. The standard InChI is InChI=1S/C25H19Br2N3O4/c1-15-6-8-19(9-7-15)29-23(31)14-33-21-5-3-2-4-16(21)13-28-30-25(32)22-11-17-10-18(26)12-20(27)24(17)34-22/h2-13H,14H2,1H3,(H,29,31)(H,30,32)/b28-13-. The van der Waals surface area contributed by atoms with Gasteiger partial charge < -0.3 is 14.5 Å². The molecular weight excluding hydrogens is 566 g/mol. The summed E-state index contributed by atoms with van der Waals surface area (Å²) in [6, 6.07) is 19.9. The Bertz CT molecular complexity index is 1380. The number of para-hydroxylation sites is 1. The van der Waals surface area contributed by atoms with Crippen molar-refractivity contribution < 1.29 is 18.7 Å². The zero-order chi connectivity index (χ0) is 24.1. The summed E-state index contributed by atoms with van der Waals surface area (Å²) in [5, 5.41) is 7.56. The van der Waals surface area contributed by atoms with E-state index in [9.17, 15) is 9.59 Å². The van der Waals surface area contributed by atoms with Crippen molar-refractivity contribution in [2.24, 2.45) is 5.10 Å². The van der Waals surface area contributed by atoms with Crippen LogP contribution in [0.25, 0.3) is 11.0 Å². The molecule has 4 rings (SSSR count). The normalized spacial score (nSPS) is 11.0. The van der Waals surface area contributed by atoms with Gasteiger partial charge in [0.05, 0.1) is 10.7 Å². The summed E-state index contributed by atoms with van der Waals surface area (Å²) < 4.78 is 12.9. The van der Waals surface area contributed by atoms with Gasteiger partial charge in [-0.3, -0.25) is 9.59 Å². The maximum absolute atomic E-state index is 12.5. The van der Waals surface area contributed by atoms with E-state index < -0.39 is 5.91 Å². The number of furan rings is 1. The SMILES string of the molecule is Cc1ccc(NC(=O)COc2ccccc2/C=N\NC(=O)c2cc3cc(Br)cc(Br)c3o2)cc1. The summed E-state index contributed by atoms with van der Waals surface area (Å²) in [5.74, 6) is -0.196. The fourth-order valence-corrected chi connectivity index (χ4v) is 4.44. The number of amides is 2. The van der Waals surface area contributed by atoms with Crippen molar-refractivity contribution in [2.45, 2.75) is 6.92 Å². The summed E-state index contributed by atoms with van der Waals surface area (Å²) >= 11 is 6.83. The van der Waals surface area contributed by atoms with E-state index in [0.29, 0.717) is 22.6 Å². The average Bonchev–Trinajstić information content (AvgIpc) is 3.24. The van der Waals surface area contributed by atoms with Gasteiger partial charge in [-0.25, -0.2) is 5.43 Å². The van der Waals surface area contributed by atoms with Gasteiger partial charge >= 0.3 is 5.91 Å². The molecule has 0 saturated heterocycles. The van der Waals surface area contributed by atoms with Crippen LogP contribution >= 0.6 is 31.9 Å². The molecule has 9 heteroatoms. The smallest absolute Gasteiger partial charge is 0.307 e. The second-order valence-electron chi connectivity index (χ2n) is 7.36. The lowest BCUT2D eigenvalue weighted by Crippen LogP contribution is -2.20. The highest BCUT2D eigenvalue weighted by Crippen LogP contribution is 2.31. The Balaban J connectivity index is 1.37. The first-order valence-corrected chi connectivity index (χ1v) is 11.8. The molecule has 0 atom stereocenters. The number of benzene rings is 3. The van der Waals surface area contributed by atoms with Gasteiger partial charge in [0.25, 0.3) is 5.91 Å². The third-order valence-corrected chi connectivity index (χ3v) is 5.79. The largest absolute Gasteiger partial charge is 0.483 e. The van der Waals surface area contributed by atoms with Crippen molar-refractivity contribution in [3.63, 3.8) is 0 Å². The van der Waals surface area contributed by atoms with Gasteiger partial charge in [0.1, 0.15) is 11.3 Å². The Morgan fingerprint density at radius 3 is 2.62 bits per heavy atom. The maximum atomic E-state index is 12.5. The van der Waals surface area contributed by atoms with Crippen LogP contribution in [0.1, 0.15) is 21.7 Å². The molecule has 0 unspecified atom stereocenters. The summed E-state index contributed by atoms with van der Waals surface area (Å²) in [6.45, 7) is 1.80. The fourth-order valence-electron chi connectivity index (χ4n) is 3.10. The number of fused-ring (bicyclic) bond motifs is 1. The number of hydrazone groups is 1. The Labute approximate surface area is 212 Å². The second kappa shape index (κ2) is 10.7. The molecular formula is C25H19Br2N3O4. The zero-order valence-electron chi connectivity index (χ0n) is 18.0. The molecule has 0 radical (unpaired) electrons. The van der Waals surface area contributed by atoms with Crippen molar-refractivity contribution in [1.29, 1.82) is 0 Å². The van der Waals surface area contributed by atoms with E-state index in [4.69, 9.17) is 9.15 Å². The lowest BCUT2D eigenvalue weighted by Gasteiger charge is -2.09. The lowest BCUT2D eigenvalue weighted by molar-refractivity contribution is -0.118. The number of anilines is 1. The molecule has 0 aliphatic carbocycles. The first-order valence-electron chi connectivity index (χ1n) is 10.2. The summed E-state index contributed by atoms with van der Waals surface area (Å²) in [6.07, 6.45) is 1.44. The number of nitrogens with zero attached hydrogens (tertiary/aromatic N) is 1. The van der Waals surface area contributed by atoms with Gasteiger partial charge in [-0.05, 0) is 65.3 Å². The van der Waals surface area contributed by atoms with Crippen LogP contribution in [0.15, 0.2) is 85.2 Å². The van der Waals surface area contributed by atoms with E-state index in [1.807, 2.05) is 43.3 Å². The van der Waals surface area contributed by atoms with Gasteiger partial charge in [-0.2, -0.15) is 5.10 Å². The first-order chi connectivity index (χ1) is 16.4. The quantitative estimate of drug-likeness (QED) is 0.204. The van der Waals surface area contributed by atoms with Crippen LogP contribution < -0.4 is 15.5 Å². The number of nitrogens with one attached hydrogen (secondary N) is 2. The minimum absolute atomic E-state index is 0.128. The first kappa shape index (κ1) is 23.7. The van der Waals surface area contributed by atoms with Crippen molar-refractivity contribution in [1.82, 2.24) is 5.43 Å². The number of hydrogen-bond donors (Lipinski definition) is 2. The van der Waals surface area contributed by atoms with Crippen molar-refractivity contribution in [3.8, 4) is 5.75 Å². The van der Waals surface area contributed by atoms with Crippen LogP contribution in [0.3, 0.4) is 0 Å². The molecule has 1 heterocycles. The Kier molecular flexibility index (Phi) is 7.44. The summed E-state index contributed by atoms with van der Waals surface area (Å²) in [5.41, 5.74) is 5.42. The fraction of sp³-hybridized carbons (Fsp3) is 0.0800. The Morgan fingerprint density at radius 1 is 1.06 bits per heavy atom. The van der Waals surface area contributed by atoms with Crippen molar-refractivity contribution in [3.05, 3.63) is 92.6 Å². The highest BCUT2D eigenvalue weighted by Gasteiger charge is 2.14. The van der Waals surface area contributed by atoms with Crippen LogP contribution in [-0.2, 0) is 4.79 Å². The van der Waals surface area contributed by atoms with Crippen LogP contribution in [0.2, 0.25) is 0 Å². The maximum Gasteiger partial charge on any atom is 0.307 e. The molecule has 0 fully saturated rings. The van der Waals surface area contributed by atoms with Gasteiger partial charge in [-0.15, -0.1) is 0 Å². The lowest BCUT2D eigenvalue weighted by atomic mass is 10.2. The van der Waals surface area contributed by atoms with Gasteiger partial charge in [0, 0.05) is 21.1 Å². The molecule has 3 aromatic carbocycles. The van der Waals surface area contributed by atoms with Gasteiger partial charge in [0.2, 0.25) is 0 Å². The van der Waals surface area contributed by atoms with Gasteiger partial charge in [0.15, 0.2) is 12.4 Å².